The number of hydrogen-bond donors (Lipinski definition) is 1. The lowest BCUT2D eigenvalue weighted by molar-refractivity contribution is 0.103. The van der Waals surface area contributed by atoms with E-state index < -0.39 is 0 Å². The Balaban J connectivity index is 1.98. The Kier molecular flexibility index (Phi) is 3.01. The average molecular weight is 129 g/mol. The molecule has 0 radical (unpaired) electrons. The van der Waals surface area contributed by atoms with E-state index in [4.69, 9.17) is 10.5 Å². The summed E-state index contributed by atoms with van der Waals surface area (Å²) in [7, 11) is 0. The standard InChI is InChI=1S/C7H15NO/c8-5-1-3-7-4-2-6-9-7/h7H,1-6,8H2/t7-/m0/s1. The van der Waals surface area contributed by atoms with Crippen LogP contribution in [0.4, 0.5) is 0 Å². The highest BCUT2D eigenvalue weighted by molar-refractivity contribution is 4.64. The van der Waals surface area contributed by atoms with Crippen molar-refractivity contribution in [3.63, 3.8) is 0 Å². The average Bonchev–Trinajstić information content (AvgIpc) is 2.34. The van der Waals surface area contributed by atoms with Crippen molar-refractivity contribution in [2.75, 3.05) is 13.2 Å². The van der Waals surface area contributed by atoms with Gasteiger partial charge in [-0.25, -0.2) is 0 Å². The highest BCUT2D eigenvalue weighted by Gasteiger charge is 2.13. The van der Waals surface area contributed by atoms with Crippen LogP contribution < -0.4 is 5.73 Å². The predicted octanol–water partition coefficient (Wildman–Crippen LogP) is 0.904. The van der Waals surface area contributed by atoms with Gasteiger partial charge >= 0.3 is 0 Å². The highest BCUT2D eigenvalue weighted by atomic mass is 16.5. The van der Waals surface area contributed by atoms with E-state index in [2.05, 4.69) is 0 Å². The largest absolute Gasteiger partial charge is 0.378 e. The normalized spacial score (nSPS) is 27.0. The van der Waals surface area contributed by atoms with Gasteiger partial charge < -0.3 is 10.5 Å². The first-order chi connectivity index (χ1) is 4.43. The zero-order chi connectivity index (χ0) is 6.53. The van der Waals surface area contributed by atoms with Crippen molar-refractivity contribution in [3.8, 4) is 0 Å². The summed E-state index contributed by atoms with van der Waals surface area (Å²) in [6, 6.07) is 0. The van der Waals surface area contributed by atoms with Crippen LogP contribution in [0.25, 0.3) is 0 Å². The molecule has 0 aromatic heterocycles. The maximum Gasteiger partial charge on any atom is 0.0576 e. The van der Waals surface area contributed by atoms with Gasteiger partial charge in [-0.05, 0) is 32.2 Å². The molecule has 2 nitrogen and oxygen atoms in total. The van der Waals surface area contributed by atoms with Crippen LogP contribution in [-0.4, -0.2) is 19.3 Å². The third-order valence-corrected chi connectivity index (χ3v) is 1.75. The third kappa shape index (κ3) is 2.33. The second-order valence-electron chi connectivity index (χ2n) is 2.57. The fourth-order valence-electron chi connectivity index (χ4n) is 1.22. The molecule has 1 aliphatic heterocycles. The fraction of sp³-hybridized carbons (Fsp3) is 1.00. The molecule has 2 heteroatoms. The molecular weight excluding hydrogens is 114 g/mol. The van der Waals surface area contributed by atoms with Crippen molar-refractivity contribution in [2.24, 2.45) is 5.73 Å². The molecule has 0 bridgehead atoms. The second kappa shape index (κ2) is 3.85. The molecule has 1 aliphatic rings. The summed E-state index contributed by atoms with van der Waals surface area (Å²) in [5, 5.41) is 0. The van der Waals surface area contributed by atoms with Gasteiger partial charge in [0.25, 0.3) is 0 Å². The van der Waals surface area contributed by atoms with E-state index in [0.717, 1.165) is 26.0 Å². The molecule has 9 heavy (non-hydrogen) atoms. The first-order valence-electron chi connectivity index (χ1n) is 3.75. The molecule has 54 valence electrons. The van der Waals surface area contributed by atoms with E-state index >= 15 is 0 Å². The maximum absolute atomic E-state index is 5.40. The molecule has 1 saturated heterocycles. The van der Waals surface area contributed by atoms with Crippen molar-refractivity contribution >= 4 is 0 Å². The fourth-order valence-corrected chi connectivity index (χ4v) is 1.22. The van der Waals surface area contributed by atoms with Crippen LogP contribution in [-0.2, 0) is 4.74 Å². The topological polar surface area (TPSA) is 35.2 Å². The minimum absolute atomic E-state index is 0.536. The number of nitrogens with two attached hydrogens (primary N) is 1. The van der Waals surface area contributed by atoms with Gasteiger partial charge in [0.1, 0.15) is 0 Å². The van der Waals surface area contributed by atoms with E-state index in [1.54, 1.807) is 0 Å². The van der Waals surface area contributed by atoms with Crippen molar-refractivity contribution in [2.45, 2.75) is 31.8 Å². The van der Waals surface area contributed by atoms with Crippen molar-refractivity contribution in [3.05, 3.63) is 0 Å². The van der Waals surface area contributed by atoms with Crippen LogP contribution in [0.2, 0.25) is 0 Å². The highest BCUT2D eigenvalue weighted by Crippen LogP contribution is 2.15. The molecule has 1 heterocycles. The Morgan fingerprint density at radius 3 is 3.00 bits per heavy atom. The van der Waals surface area contributed by atoms with E-state index in [1.807, 2.05) is 0 Å². The molecule has 1 fully saturated rings. The third-order valence-electron chi connectivity index (χ3n) is 1.75. The molecule has 1 atom stereocenters. The molecule has 0 aromatic rings. The zero-order valence-electron chi connectivity index (χ0n) is 5.81. The minimum atomic E-state index is 0.536. The predicted molar refractivity (Wildman–Crippen MR) is 37.3 cm³/mol. The van der Waals surface area contributed by atoms with Gasteiger partial charge in [-0.3, -0.25) is 0 Å². The summed E-state index contributed by atoms with van der Waals surface area (Å²) in [4.78, 5) is 0. The van der Waals surface area contributed by atoms with Crippen LogP contribution in [0, 0.1) is 0 Å². The summed E-state index contributed by atoms with van der Waals surface area (Å²) in [5.74, 6) is 0. The first kappa shape index (κ1) is 7.03. The van der Waals surface area contributed by atoms with E-state index in [9.17, 15) is 0 Å². The van der Waals surface area contributed by atoms with Gasteiger partial charge in [-0.1, -0.05) is 0 Å². The van der Waals surface area contributed by atoms with Crippen molar-refractivity contribution in [1.29, 1.82) is 0 Å². The van der Waals surface area contributed by atoms with Crippen molar-refractivity contribution < 1.29 is 4.74 Å². The molecule has 1 rings (SSSR count). The van der Waals surface area contributed by atoms with E-state index in [0.29, 0.717) is 6.10 Å². The summed E-state index contributed by atoms with van der Waals surface area (Å²) >= 11 is 0. The Hall–Kier alpha value is -0.0800. The second-order valence-corrected chi connectivity index (χ2v) is 2.57. The Labute approximate surface area is 56.4 Å². The SMILES string of the molecule is NCCC[C@H]1CCCO1. The number of rotatable bonds is 3. The number of hydrogen-bond acceptors (Lipinski definition) is 2. The Morgan fingerprint density at radius 2 is 2.44 bits per heavy atom. The molecule has 0 spiro atoms. The minimum Gasteiger partial charge on any atom is -0.378 e. The zero-order valence-corrected chi connectivity index (χ0v) is 5.81. The van der Waals surface area contributed by atoms with E-state index in [1.165, 1.54) is 12.8 Å². The quantitative estimate of drug-likeness (QED) is 0.614. The molecular formula is C7H15NO. The van der Waals surface area contributed by atoms with Crippen LogP contribution in [0.3, 0.4) is 0 Å². The number of ether oxygens (including phenoxy) is 1. The summed E-state index contributed by atoms with van der Waals surface area (Å²) in [6.07, 6.45) is 5.31. The molecule has 0 amide bonds. The van der Waals surface area contributed by atoms with Crippen molar-refractivity contribution in [1.82, 2.24) is 0 Å². The van der Waals surface area contributed by atoms with Crippen LogP contribution >= 0.6 is 0 Å². The maximum atomic E-state index is 5.40. The van der Waals surface area contributed by atoms with Gasteiger partial charge in [-0.15, -0.1) is 0 Å². The van der Waals surface area contributed by atoms with Gasteiger partial charge in [0.2, 0.25) is 0 Å². The van der Waals surface area contributed by atoms with Crippen LogP contribution in [0.5, 0.6) is 0 Å². The molecule has 2 N–H and O–H groups in total. The van der Waals surface area contributed by atoms with Gasteiger partial charge in [0.05, 0.1) is 6.10 Å². The van der Waals surface area contributed by atoms with Crippen LogP contribution in [0.15, 0.2) is 0 Å². The summed E-state index contributed by atoms with van der Waals surface area (Å²) in [5.41, 5.74) is 5.35. The van der Waals surface area contributed by atoms with Gasteiger partial charge in [0.15, 0.2) is 0 Å². The molecule has 0 aliphatic carbocycles. The summed E-state index contributed by atoms with van der Waals surface area (Å²) < 4.78 is 5.40. The Bertz CT molecular complexity index is 69.3. The lowest BCUT2D eigenvalue weighted by Gasteiger charge is -2.06. The molecule has 0 unspecified atom stereocenters. The lowest BCUT2D eigenvalue weighted by atomic mass is 10.1. The van der Waals surface area contributed by atoms with Crippen LogP contribution in [0.1, 0.15) is 25.7 Å². The van der Waals surface area contributed by atoms with E-state index in [-0.39, 0.29) is 0 Å². The molecule has 0 saturated carbocycles. The lowest BCUT2D eigenvalue weighted by Crippen LogP contribution is -2.08. The summed E-state index contributed by atoms with van der Waals surface area (Å²) in [6.45, 7) is 1.77. The monoisotopic (exact) mass is 129 g/mol. The smallest absolute Gasteiger partial charge is 0.0576 e. The first-order valence-corrected chi connectivity index (χ1v) is 3.75. The van der Waals surface area contributed by atoms with Gasteiger partial charge in [0, 0.05) is 6.61 Å². The molecule has 0 aromatic carbocycles. The van der Waals surface area contributed by atoms with Gasteiger partial charge in [-0.2, -0.15) is 0 Å². The Morgan fingerprint density at radius 1 is 1.56 bits per heavy atom.